The number of rotatable bonds is 8. The van der Waals surface area contributed by atoms with Crippen LogP contribution in [0.1, 0.15) is 49.9 Å². The lowest BCUT2D eigenvalue weighted by Gasteiger charge is -2.23. The fourth-order valence-electron chi connectivity index (χ4n) is 2.90. The molecule has 1 N–H and O–H groups in total. The maximum absolute atomic E-state index is 12.6. The zero-order valence-corrected chi connectivity index (χ0v) is 16.6. The van der Waals surface area contributed by atoms with Crippen molar-refractivity contribution in [1.29, 1.82) is 0 Å². The Morgan fingerprint density at radius 3 is 2.52 bits per heavy atom. The summed E-state index contributed by atoms with van der Waals surface area (Å²) in [5.41, 5.74) is 2.09. The molecule has 0 unspecified atom stereocenters. The van der Waals surface area contributed by atoms with Gasteiger partial charge in [-0.3, -0.25) is 4.79 Å². The van der Waals surface area contributed by atoms with Crippen LogP contribution in [0.5, 0.6) is 5.75 Å². The predicted molar refractivity (Wildman–Crippen MR) is 107 cm³/mol. The average Bonchev–Trinajstić information content (AvgIpc) is 3.02. The number of anilines is 1. The van der Waals surface area contributed by atoms with Gasteiger partial charge < -0.3 is 14.8 Å². The van der Waals surface area contributed by atoms with Crippen LogP contribution in [0.25, 0.3) is 11.1 Å². The highest BCUT2D eigenvalue weighted by Gasteiger charge is 2.28. The van der Waals surface area contributed by atoms with Gasteiger partial charge in [0.2, 0.25) is 5.91 Å². The molecule has 0 bridgehead atoms. The fraction of sp³-hybridized carbons (Fsp3) is 0.429. The first-order valence-corrected chi connectivity index (χ1v) is 10.3. The maximum atomic E-state index is 12.6. The van der Waals surface area contributed by atoms with Crippen LogP contribution in [-0.4, -0.2) is 25.1 Å². The van der Waals surface area contributed by atoms with Crippen molar-refractivity contribution in [2.45, 2.75) is 39.5 Å². The SMILES string of the molecule is CCCOc1ccc(-c2csc(NC(=O)C3CCC3)c2C(=O)OCC)cc1. The van der Waals surface area contributed by atoms with Crippen molar-refractivity contribution >= 4 is 28.2 Å². The minimum atomic E-state index is -0.413. The summed E-state index contributed by atoms with van der Waals surface area (Å²) in [5.74, 6) is 0.431. The van der Waals surface area contributed by atoms with Crippen molar-refractivity contribution in [3.05, 3.63) is 35.2 Å². The molecule has 0 atom stereocenters. The second-order valence-corrected chi connectivity index (χ2v) is 7.44. The first kappa shape index (κ1) is 19.4. The normalized spacial score (nSPS) is 13.7. The molecule has 1 aromatic heterocycles. The number of carbonyl (C=O) groups excluding carboxylic acids is 2. The van der Waals surface area contributed by atoms with Gasteiger partial charge in [0.1, 0.15) is 16.3 Å². The van der Waals surface area contributed by atoms with Crippen molar-refractivity contribution in [3.8, 4) is 16.9 Å². The van der Waals surface area contributed by atoms with Crippen molar-refractivity contribution < 1.29 is 19.1 Å². The maximum Gasteiger partial charge on any atom is 0.341 e. The highest BCUT2D eigenvalue weighted by Crippen LogP contribution is 2.38. The van der Waals surface area contributed by atoms with Gasteiger partial charge in [0.25, 0.3) is 0 Å². The second-order valence-electron chi connectivity index (χ2n) is 6.56. The van der Waals surface area contributed by atoms with Crippen molar-refractivity contribution in [1.82, 2.24) is 0 Å². The van der Waals surface area contributed by atoms with E-state index in [1.807, 2.05) is 29.6 Å². The van der Waals surface area contributed by atoms with Crippen LogP contribution >= 0.6 is 11.3 Å². The van der Waals surface area contributed by atoms with Gasteiger partial charge >= 0.3 is 5.97 Å². The van der Waals surface area contributed by atoms with Crippen LogP contribution in [0, 0.1) is 5.92 Å². The number of nitrogens with one attached hydrogen (secondary N) is 1. The van der Waals surface area contributed by atoms with Gasteiger partial charge in [0.05, 0.1) is 13.2 Å². The molecule has 0 aliphatic heterocycles. The number of hydrogen-bond acceptors (Lipinski definition) is 5. The van der Waals surface area contributed by atoms with Crippen LogP contribution < -0.4 is 10.1 Å². The van der Waals surface area contributed by atoms with E-state index < -0.39 is 5.97 Å². The Balaban J connectivity index is 1.87. The lowest BCUT2D eigenvalue weighted by molar-refractivity contribution is -0.122. The van der Waals surface area contributed by atoms with Gasteiger partial charge in [-0.05, 0) is 43.9 Å². The first-order chi connectivity index (χ1) is 13.1. The number of carbonyl (C=O) groups is 2. The van der Waals surface area contributed by atoms with Crippen molar-refractivity contribution in [2.75, 3.05) is 18.5 Å². The Bertz CT molecular complexity index is 793. The average molecular weight is 388 g/mol. The molecule has 0 radical (unpaired) electrons. The smallest absolute Gasteiger partial charge is 0.341 e. The summed E-state index contributed by atoms with van der Waals surface area (Å²) in [4.78, 5) is 24.9. The first-order valence-electron chi connectivity index (χ1n) is 9.46. The summed E-state index contributed by atoms with van der Waals surface area (Å²) in [6, 6.07) is 7.63. The molecule has 1 aliphatic carbocycles. The summed E-state index contributed by atoms with van der Waals surface area (Å²) in [6.07, 6.45) is 3.87. The molecular weight excluding hydrogens is 362 g/mol. The molecule has 6 heteroatoms. The quantitative estimate of drug-likeness (QED) is 0.639. The van der Waals surface area contributed by atoms with Crippen LogP contribution in [0.15, 0.2) is 29.6 Å². The van der Waals surface area contributed by atoms with E-state index in [9.17, 15) is 9.59 Å². The highest BCUT2D eigenvalue weighted by molar-refractivity contribution is 7.15. The Hall–Kier alpha value is -2.34. The largest absolute Gasteiger partial charge is 0.494 e. The number of esters is 1. The molecule has 27 heavy (non-hydrogen) atoms. The zero-order chi connectivity index (χ0) is 19.2. The molecule has 0 spiro atoms. The van der Waals surface area contributed by atoms with Gasteiger partial charge in [-0.15, -0.1) is 11.3 Å². The Morgan fingerprint density at radius 1 is 1.19 bits per heavy atom. The number of thiophene rings is 1. The lowest BCUT2D eigenvalue weighted by Crippen LogP contribution is -2.28. The fourth-order valence-corrected chi connectivity index (χ4v) is 3.86. The number of benzene rings is 1. The molecule has 1 amide bonds. The Morgan fingerprint density at radius 2 is 1.93 bits per heavy atom. The molecule has 3 rings (SSSR count). The van der Waals surface area contributed by atoms with E-state index in [4.69, 9.17) is 9.47 Å². The minimum absolute atomic E-state index is 0.0106. The Kier molecular flexibility index (Phi) is 6.50. The van der Waals surface area contributed by atoms with Crippen molar-refractivity contribution in [2.24, 2.45) is 5.92 Å². The molecule has 2 aromatic rings. The summed E-state index contributed by atoms with van der Waals surface area (Å²) in [5, 5.41) is 5.39. The molecule has 1 aliphatic rings. The van der Waals surface area contributed by atoms with Gasteiger partial charge in [-0.2, -0.15) is 0 Å². The van der Waals surface area contributed by atoms with Crippen molar-refractivity contribution in [3.63, 3.8) is 0 Å². The lowest BCUT2D eigenvalue weighted by atomic mass is 9.85. The molecule has 1 fully saturated rings. The number of hydrogen-bond donors (Lipinski definition) is 1. The minimum Gasteiger partial charge on any atom is -0.494 e. The van der Waals surface area contributed by atoms with Crippen LogP contribution in [0.3, 0.4) is 0 Å². The van der Waals surface area contributed by atoms with E-state index >= 15 is 0 Å². The molecule has 1 aromatic carbocycles. The third-order valence-electron chi connectivity index (χ3n) is 4.62. The summed E-state index contributed by atoms with van der Waals surface area (Å²) in [6.45, 7) is 4.79. The summed E-state index contributed by atoms with van der Waals surface area (Å²) in [7, 11) is 0. The van der Waals surface area contributed by atoms with Gasteiger partial charge in [0, 0.05) is 16.9 Å². The van der Waals surface area contributed by atoms with E-state index in [0.29, 0.717) is 17.2 Å². The predicted octanol–water partition coefficient (Wildman–Crippen LogP) is 5.12. The van der Waals surface area contributed by atoms with Gasteiger partial charge in [0.15, 0.2) is 0 Å². The summed E-state index contributed by atoms with van der Waals surface area (Å²) < 4.78 is 10.9. The molecule has 5 nitrogen and oxygen atoms in total. The second kappa shape index (κ2) is 9.04. The number of amides is 1. The molecule has 144 valence electrons. The molecule has 0 saturated heterocycles. The van der Waals surface area contributed by atoms with E-state index in [1.165, 1.54) is 11.3 Å². The topological polar surface area (TPSA) is 64.6 Å². The monoisotopic (exact) mass is 387 g/mol. The third-order valence-corrected chi connectivity index (χ3v) is 5.52. The van der Waals surface area contributed by atoms with Gasteiger partial charge in [-0.1, -0.05) is 25.5 Å². The number of ether oxygens (including phenoxy) is 2. The van der Waals surface area contributed by atoms with Gasteiger partial charge in [-0.25, -0.2) is 4.79 Å². The molecular formula is C21H25NO4S. The van der Waals surface area contributed by atoms with E-state index in [2.05, 4.69) is 12.2 Å². The van der Waals surface area contributed by atoms with Crippen LogP contribution in [-0.2, 0) is 9.53 Å². The molecule has 1 saturated carbocycles. The van der Waals surface area contributed by atoms with E-state index in [-0.39, 0.29) is 18.4 Å². The third kappa shape index (κ3) is 4.50. The Labute approximate surface area is 163 Å². The summed E-state index contributed by atoms with van der Waals surface area (Å²) >= 11 is 1.36. The zero-order valence-electron chi connectivity index (χ0n) is 15.7. The van der Waals surface area contributed by atoms with Crippen LogP contribution in [0.2, 0.25) is 0 Å². The van der Waals surface area contributed by atoms with E-state index in [1.54, 1.807) is 6.92 Å². The highest BCUT2D eigenvalue weighted by atomic mass is 32.1. The molecule has 1 heterocycles. The standard InChI is InChI=1S/C21H25NO4S/c1-3-12-26-16-10-8-14(9-11-16)17-13-27-20(18(17)21(24)25-4-2)22-19(23)15-6-5-7-15/h8-11,13,15H,3-7,12H2,1-2H3,(H,22,23). The van der Waals surface area contributed by atoms with E-state index in [0.717, 1.165) is 42.6 Å². The van der Waals surface area contributed by atoms with Crippen LogP contribution in [0.4, 0.5) is 5.00 Å².